The molecule has 244 valence electrons. The van der Waals surface area contributed by atoms with Crippen molar-refractivity contribution >= 4 is 28.2 Å². The lowest BCUT2D eigenvalue weighted by Crippen LogP contribution is -2.44. The Morgan fingerprint density at radius 3 is 1.64 bits per heavy atom. The van der Waals surface area contributed by atoms with Gasteiger partial charge in [0.25, 0.3) is 0 Å². The molecule has 0 N–H and O–H groups in total. The maximum absolute atomic E-state index is 13.5. The zero-order valence-electron chi connectivity index (χ0n) is 26.7. The zero-order chi connectivity index (χ0) is 32.8. The quantitative estimate of drug-likeness (QED) is 0.0624. The highest BCUT2D eigenvalue weighted by molar-refractivity contribution is 7.48. The molecule has 12 heteroatoms. The Balaban J connectivity index is 1.63. The van der Waals surface area contributed by atoms with Gasteiger partial charge in [-0.25, -0.2) is 13.9 Å². The van der Waals surface area contributed by atoms with Crippen molar-refractivity contribution < 1.29 is 41.6 Å². The van der Waals surface area contributed by atoms with Crippen molar-refractivity contribution in [3.8, 4) is 0 Å². The Hall–Kier alpha value is -3.31. The number of phosphoric acid groups is 1. The predicted octanol–water partition coefficient (Wildman–Crippen LogP) is 7.71. The number of rotatable bonds is 17. The minimum absolute atomic E-state index is 0.0402. The molecule has 0 unspecified atom stereocenters. The van der Waals surface area contributed by atoms with E-state index in [2.05, 4.69) is 33.9 Å². The lowest BCUT2D eigenvalue weighted by molar-refractivity contribution is -0.146. The summed E-state index contributed by atoms with van der Waals surface area (Å²) in [4.78, 5) is 27.0. The number of phosphoric ester groups is 1. The van der Waals surface area contributed by atoms with Gasteiger partial charge in [-0.2, -0.15) is 0 Å². The van der Waals surface area contributed by atoms with E-state index in [-0.39, 0.29) is 44.6 Å². The molecule has 10 nitrogen and oxygen atoms in total. The molecule has 0 aliphatic heterocycles. The molecular weight excluding hydrogens is 613 g/mol. The van der Waals surface area contributed by atoms with Gasteiger partial charge in [0.1, 0.15) is 13.2 Å². The number of nitrogens with zero attached hydrogens (tertiary/aromatic N) is 1. The van der Waals surface area contributed by atoms with Gasteiger partial charge < -0.3 is 13.9 Å². The number of carbonyl (C=O) groups is 2. The molecule has 0 saturated heterocycles. The van der Waals surface area contributed by atoms with Gasteiger partial charge in [0.2, 0.25) is 6.79 Å². The van der Waals surface area contributed by atoms with Crippen LogP contribution in [0.25, 0.3) is 0 Å². The highest BCUT2D eigenvalue weighted by Gasteiger charge is 2.37. The Labute approximate surface area is 267 Å². The lowest BCUT2D eigenvalue weighted by Gasteiger charge is -2.36. The average Bonchev–Trinajstić information content (AvgIpc) is 3.02. The van der Waals surface area contributed by atoms with E-state index < -0.39 is 35.0 Å². The second kappa shape index (κ2) is 17.4. The predicted molar refractivity (Wildman–Crippen MR) is 173 cm³/mol. The molecule has 45 heavy (non-hydrogen) atoms. The topological polar surface area (TPSA) is 110 Å². The van der Waals surface area contributed by atoms with Crippen LogP contribution in [-0.4, -0.2) is 51.8 Å². The van der Waals surface area contributed by atoms with Crippen molar-refractivity contribution in [3.05, 3.63) is 108 Å². The maximum Gasteiger partial charge on any atom is 0.478 e. The van der Waals surface area contributed by atoms with E-state index in [0.29, 0.717) is 0 Å². The van der Waals surface area contributed by atoms with Crippen molar-refractivity contribution in [2.24, 2.45) is 0 Å². The van der Waals surface area contributed by atoms with Crippen molar-refractivity contribution in [1.82, 2.24) is 4.90 Å². The van der Waals surface area contributed by atoms with E-state index >= 15 is 0 Å². The summed E-state index contributed by atoms with van der Waals surface area (Å²) in [6, 6.07) is 27.5. The number of amides is 1. The van der Waals surface area contributed by atoms with E-state index in [9.17, 15) is 14.2 Å². The van der Waals surface area contributed by atoms with Gasteiger partial charge in [0.05, 0.1) is 19.8 Å². The summed E-state index contributed by atoms with van der Waals surface area (Å²) >= 11 is 0. The monoisotopic (exact) mass is 657 g/mol. The van der Waals surface area contributed by atoms with Crippen LogP contribution in [-0.2, 0) is 56.7 Å². The third kappa shape index (κ3) is 12.9. The Morgan fingerprint density at radius 2 is 1.18 bits per heavy atom. The fraction of sp³-hybridized carbons (Fsp3) is 0.394. The van der Waals surface area contributed by atoms with E-state index in [1.54, 1.807) is 0 Å². The molecule has 3 rings (SSSR count). The molecule has 3 aromatic rings. The van der Waals surface area contributed by atoms with Crippen LogP contribution in [0.4, 0.5) is 4.79 Å². The summed E-state index contributed by atoms with van der Waals surface area (Å²) in [5.74, 6) is -0.618. The fourth-order valence-corrected chi connectivity index (χ4v) is 5.66. The van der Waals surface area contributed by atoms with Crippen LogP contribution >= 0.6 is 7.82 Å². The number of ether oxygens (including phenoxy) is 2. The molecule has 0 spiro atoms. The van der Waals surface area contributed by atoms with Gasteiger partial charge in [-0.15, -0.1) is 0 Å². The largest absolute Gasteiger partial charge is 0.478 e. The molecular formula is C33H44NO9PSi. The molecule has 0 aliphatic rings. The Bertz CT molecular complexity index is 1320. The fourth-order valence-electron chi connectivity index (χ4n) is 3.60. The summed E-state index contributed by atoms with van der Waals surface area (Å²) in [5.41, 5.74) is 2.32. The van der Waals surface area contributed by atoms with Crippen molar-refractivity contribution in [1.29, 1.82) is 0 Å². The van der Waals surface area contributed by atoms with Crippen molar-refractivity contribution in [2.45, 2.75) is 58.7 Å². The van der Waals surface area contributed by atoms with Crippen LogP contribution in [0.5, 0.6) is 0 Å². The molecule has 0 aliphatic carbocycles. The van der Waals surface area contributed by atoms with Gasteiger partial charge in [0.15, 0.2) is 8.32 Å². The number of hydrogen-bond donors (Lipinski definition) is 0. The van der Waals surface area contributed by atoms with Gasteiger partial charge in [-0.05, 0) is 34.8 Å². The molecule has 0 bridgehead atoms. The summed E-state index contributed by atoms with van der Waals surface area (Å²) in [5, 5.41) is -0.0402. The van der Waals surface area contributed by atoms with E-state index in [4.69, 9.17) is 27.5 Å². The van der Waals surface area contributed by atoms with Crippen LogP contribution in [0.1, 0.15) is 37.5 Å². The molecule has 3 aromatic carbocycles. The van der Waals surface area contributed by atoms with Crippen LogP contribution in [0.2, 0.25) is 18.1 Å². The normalized spacial score (nSPS) is 12.0. The first-order valence-corrected chi connectivity index (χ1v) is 19.1. The number of carbonyl (C=O) groups excluding carboxylic acids is 2. The maximum atomic E-state index is 13.5. The summed E-state index contributed by atoms with van der Waals surface area (Å²) in [7, 11) is -6.30. The van der Waals surface area contributed by atoms with E-state index in [1.807, 2.05) is 91.0 Å². The number of benzene rings is 3. The van der Waals surface area contributed by atoms with Crippen molar-refractivity contribution in [2.75, 3.05) is 26.5 Å². The molecule has 0 aromatic heterocycles. The molecule has 0 atom stereocenters. The third-order valence-electron chi connectivity index (χ3n) is 7.31. The molecule has 0 radical (unpaired) electrons. The Morgan fingerprint density at radius 1 is 0.711 bits per heavy atom. The Kier molecular flexibility index (Phi) is 14.0. The minimum atomic E-state index is -4.18. The van der Waals surface area contributed by atoms with Gasteiger partial charge in [-0.1, -0.05) is 112 Å². The SMILES string of the molecule is CC(C)(C)[Si](C)(C)OCCN(CC(=O)OCc1ccccc1)C(=O)OCOP(=O)(OCc1ccccc1)OCc1ccccc1. The molecule has 0 saturated carbocycles. The minimum Gasteiger partial charge on any atom is -0.459 e. The first-order chi connectivity index (χ1) is 21.4. The van der Waals surface area contributed by atoms with E-state index in [1.165, 1.54) is 4.90 Å². The lowest BCUT2D eigenvalue weighted by atomic mass is 10.2. The highest BCUT2D eigenvalue weighted by atomic mass is 31.2. The smallest absolute Gasteiger partial charge is 0.459 e. The summed E-state index contributed by atoms with van der Waals surface area (Å²) in [6.07, 6.45) is -0.872. The van der Waals surface area contributed by atoms with E-state index in [0.717, 1.165) is 16.7 Å². The second-order valence-electron chi connectivity index (χ2n) is 11.8. The van der Waals surface area contributed by atoms with Crippen LogP contribution < -0.4 is 0 Å². The first kappa shape index (κ1) is 36.2. The van der Waals surface area contributed by atoms with Crippen LogP contribution in [0.15, 0.2) is 91.0 Å². The summed E-state index contributed by atoms with van der Waals surface area (Å²) < 4.78 is 47.0. The van der Waals surface area contributed by atoms with Gasteiger partial charge in [0, 0.05) is 6.54 Å². The molecule has 1 amide bonds. The standard InChI is InChI=1S/C33H44NO9PSi/c1-33(2,3)45(4,5)43-22-21-34(23-31(35)38-24-28-15-9-6-10-16-28)32(36)39-27-42-44(37,40-25-29-17-11-7-12-18-29)41-26-30-19-13-8-14-20-30/h6-20H,21-27H2,1-5H3. The van der Waals surface area contributed by atoms with Gasteiger partial charge in [-0.3, -0.25) is 18.7 Å². The van der Waals surface area contributed by atoms with Crippen molar-refractivity contribution in [3.63, 3.8) is 0 Å². The highest BCUT2D eigenvalue weighted by Crippen LogP contribution is 2.51. The molecule has 0 fully saturated rings. The van der Waals surface area contributed by atoms with Crippen LogP contribution in [0, 0.1) is 0 Å². The zero-order valence-corrected chi connectivity index (χ0v) is 28.6. The average molecular weight is 658 g/mol. The summed E-state index contributed by atoms with van der Waals surface area (Å²) in [6.45, 7) is 9.64. The van der Waals surface area contributed by atoms with Crippen LogP contribution in [0.3, 0.4) is 0 Å². The molecule has 0 heterocycles. The second-order valence-corrected chi connectivity index (χ2v) is 18.3. The number of hydrogen-bond acceptors (Lipinski definition) is 9. The van der Waals surface area contributed by atoms with Gasteiger partial charge >= 0.3 is 19.9 Å². The first-order valence-electron chi connectivity index (χ1n) is 14.7. The third-order valence-corrected chi connectivity index (χ3v) is 13.2. The number of esters is 1.